The lowest BCUT2D eigenvalue weighted by Gasteiger charge is -2.40. The van der Waals surface area contributed by atoms with E-state index in [1.165, 1.54) is 0 Å². The van der Waals surface area contributed by atoms with Crippen LogP contribution in [0.15, 0.2) is 0 Å². The molecule has 0 aromatic heterocycles. The first-order valence-corrected chi connectivity index (χ1v) is 7.46. The molecule has 0 heterocycles. The molecular weight excluding hydrogens is 274 g/mol. The molecule has 21 heavy (non-hydrogen) atoms. The van der Waals surface area contributed by atoms with Crippen LogP contribution >= 0.6 is 0 Å². The number of carbonyl (C=O) groups is 2. The summed E-state index contributed by atoms with van der Waals surface area (Å²) in [6.45, 7) is 1.39. The van der Waals surface area contributed by atoms with Crippen LogP contribution < -0.4 is 5.32 Å². The van der Waals surface area contributed by atoms with Crippen molar-refractivity contribution in [2.45, 2.75) is 37.8 Å². The largest absolute Gasteiger partial charge is 0.480 e. The van der Waals surface area contributed by atoms with Gasteiger partial charge in [0, 0.05) is 25.2 Å². The van der Waals surface area contributed by atoms with E-state index in [4.69, 9.17) is 10.2 Å². The van der Waals surface area contributed by atoms with Gasteiger partial charge in [-0.2, -0.15) is 0 Å². The van der Waals surface area contributed by atoms with Crippen LogP contribution in [0.2, 0.25) is 0 Å². The van der Waals surface area contributed by atoms with E-state index in [2.05, 4.69) is 5.32 Å². The highest BCUT2D eigenvalue weighted by Gasteiger charge is 2.31. The molecule has 0 spiro atoms. The molecule has 3 N–H and O–H groups in total. The van der Waals surface area contributed by atoms with Crippen LogP contribution in [0.25, 0.3) is 0 Å². The number of aliphatic carboxylic acids is 2. The van der Waals surface area contributed by atoms with Gasteiger partial charge in [-0.15, -0.1) is 0 Å². The number of nitrogens with zero attached hydrogens (tertiary/aromatic N) is 2. The minimum atomic E-state index is -0.877. The van der Waals surface area contributed by atoms with Crippen molar-refractivity contribution in [1.82, 2.24) is 15.1 Å². The zero-order valence-corrected chi connectivity index (χ0v) is 12.9. The highest BCUT2D eigenvalue weighted by molar-refractivity contribution is 5.69. The Hall–Kier alpha value is -1.18. The van der Waals surface area contributed by atoms with Gasteiger partial charge >= 0.3 is 11.9 Å². The lowest BCUT2D eigenvalue weighted by molar-refractivity contribution is -0.140. The zero-order valence-electron chi connectivity index (χ0n) is 12.9. The maximum Gasteiger partial charge on any atom is 0.317 e. The quantitative estimate of drug-likeness (QED) is 0.548. The molecular formula is C14H27N3O4. The van der Waals surface area contributed by atoms with E-state index in [0.29, 0.717) is 6.54 Å². The van der Waals surface area contributed by atoms with Gasteiger partial charge in [0.05, 0.1) is 13.1 Å². The monoisotopic (exact) mass is 301 g/mol. The fourth-order valence-corrected chi connectivity index (χ4v) is 2.87. The molecule has 0 saturated heterocycles. The molecule has 0 radical (unpaired) electrons. The first-order chi connectivity index (χ1) is 9.90. The SMILES string of the molecule is CN(C)CCN(CC(=O)O)[C@@H]1CCCCC1NCC(=O)O. The predicted octanol–water partition coefficient (Wildman–Crippen LogP) is -0.0800. The predicted molar refractivity (Wildman–Crippen MR) is 79.4 cm³/mol. The second kappa shape index (κ2) is 8.96. The van der Waals surface area contributed by atoms with Crippen molar-refractivity contribution in [2.75, 3.05) is 40.3 Å². The summed E-state index contributed by atoms with van der Waals surface area (Å²) < 4.78 is 0. The van der Waals surface area contributed by atoms with Gasteiger partial charge in [0.25, 0.3) is 0 Å². The molecule has 1 saturated carbocycles. The van der Waals surface area contributed by atoms with E-state index in [-0.39, 0.29) is 25.2 Å². The Bertz CT molecular complexity index is 349. The smallest absolute Gasteiger partial charge is 0.317 e. The summed E-state index contributed by atoms with van der Waals surface area (Å²) >= 11 is 0. The first-order valence-electron chi connectivity index (χ1n) is 7.46. The van der Waals surface area contributed by atoms with Crippen molar-refractivity contribution in [2.24, 2.45) is 0 Å². The van der Waals surface area contributed by atoms with Gasteiger partial charge in [-0.3, -0.25) is 14.5 Å². The van der Waals surface area contributed by atoms with E-state index in [1.54, 1.807) is 0 Å². The Balaban J connectivity index is 2.69. The molecule has 1 fully saturated rings. The second-order valence-corrected chi connectivity index (χ2v) is 5.90. The van der Waals surface area contributed by atoms with Crippen molar-refractivity contribution in [3.8, 4) is 0 Å². The maximum atomic E-state index is 11.1. The van der Waals surface area contributed by atoms with Crippen LogP contribution in [-0.2, 0) is 9.59 Å². The van der Waals surface area contributed by atoms with Gasteiger partial charge in [-0.25, -0.2) is 0 Å². The van der Waals surface area contributed by atoms with Gasteiger partial charge in [-0.05, 0) is 26.9 Å². The lowest BCUT2D eigenvalue weighted by atomic mass is 9.89. The molecule has 1 unspecified atom stereocenters. The summed E-state index contributed by atoms with van der Waals surface area (Å²) in [5.41, 5.74) is 0. The van der Waals surface area contributed by atoms with Crippen molar-refractivity contribution in [1.29, 1.82) is 0 Å². The highest BCUT2D eigenvalue weighted by Crippen LogP contribution is 2.23. The van der Waals surface area contributed by atoms with E-state index < -0.39 is 11.9 Å². The number of hydrogen-bond donors (Lipinski definition) is 3. The molecule has 2 atom stereocenters. The molecule has 1 aliphatic rings. The average Bonchev–Trinajstić information content (AvgIpc) is 2.41. The third kappa shape index (κ3) is 6.88. The van der Waals surface area contributed by atoms with E-state index >= 15 is 0 Å². The number of carboxylic acid groups (broad SMARTS) is 2. The summed E-state index contributed by atoms with van der Waals surface area (Å²) in [5, 5.41) is 21.0. The zero-order chi connectivity index (χ0) is 15.8. The number of carboxylic acids is 2. The second-order valence-electron chi connectivity index (χ2n) is 5.90. The van der Waals surface area contributed by atoms with Gasteiger partial charge in [0.1, 0.15) is 0 Å². The number of likely N-dealkylation sites (N-methyl/N-ethyl adjacent to an activating group) is 1. The van der Waals surface area contributed by atoms with Gasteiger partial charge in [-0.1, -0.05) is 12.8 Å². The van der Waals surface area contributed by atoms with Crippen LogP contribution in [0.4, 0.5) is 0 Å². The summed E-state index contributed by atoms with van der Waals surface area (Å²) in [5.74, 6) is -1.71. The van der Waals surface area contributed by atoms with E-state index in [9.17, 15) is 9.59 Å². The third-order valence-electron chi connectivity index (χ3n) is 3.89. The van der Waals surface area contributed by atoms with Gasteiger partial charge in [0.15, 0.2) is 0 Å². The summed E-state index contributed by atoms with van der Waals surface area (Å²) in [7, 11) is 3.92. The highest BCUT2D eigenvalue weighted by atomic mass is 16.4. The summed E-state index contributed by atoms with van der Waals surface area (Å²) in [6.07, 6.45) is 3.93. The normalized spacial score (nSPS) is 22.7. The number of hydrogen-bond acceptors (Lipinski definition) is 5. The Morgan fingerprint density at radius 2 is 1.76 bits per heavy atom. The molecule has 0 aliphatic heterocycles. The Morgan fingerprint density at radius 3 is 2.33 bits per heavy atom. The molecule has 1 rings (SSSR count). The molecule has 0 aromatic rings. The van der Waals surface area contributed by atoms with Crippen LogP contribution in [0.5, 0.6) is 0 Å². The third-order valence-corrected chi connectivity index (χ3v) is 3.89. The van der Waals surface area contributed by atoms with Crippen LogP contribution in [0.3, 0.4) is 0 Å². The van der Waals surface area contributed by atoms with Crippen molar-refractivity contribution in [3.05, 3.63) is 0 Å². The Kier molecular flexibility index (Phi) is 7.63. The molecule has 7 heteroatoms. The first kappa shape index (κ1) is 17.9. The Labute approximate surface area is 125 Å². The Morgan fingerprint density at radius 1 is 1.10 bits per heavy atom. The van der Waals surface area contributed by atoms with E-state index in [1.807, 2.05) is 23.9 Å². The van der Waals surface area contributed by atoms with Crippen molar-refractivity contribution >= 4 is 11.9 Å². The summed E-state index contributed by atoms with van der Waals surface area (Å²) in [6, 6.07) is 0.144. The summed E-state index contributed by atoms with van der Waals surface area (Å²) in [4.78, 5) is 25.8. The molecule has 0 aromatic carbocycles. The molecule has 0 bridgehead atoms. The molecule has 122 valence electrons. The van der Waals surface area contributed by atoms with Gasteiger partial charge < -0.3 is 20.4 Å². The minimum absolute atomic E-state index is 0.00373. The fourth-order valence-electron chi connectivity index (χ4n) is 2.87. The van der Waals surface area contributed by atoms with Crippen molar-refractivity contribution in [3.63, 3.8) is 0 Å². The standard InChI is InChI=1S/C14H27N3O4/c1-16(2)7-8-17(10-14(20)21)12-6-4-3-5-11(12)15-9-13(18)19/h11-12,15H,3-10H2,1-2H3,(H,18,19)(H,20,21)/t11?,12-/m1/s1. The maximum absolute atomic E-state index is 11.1. The lowest BCUT2D eigenvalue weighted by Crippen LogP contribution is -2.55. The van der Waals surface area contributed by atoms with Gasteiger partial charge in [0.2, 0.25) is 0 Å². The number of nitrogens with one attached hydrogen (secondary N) is 1. The molecule has 7 nitrogen and oxygen atoms in total. The fraction of sp³-hybridized carbons (Fsp3) is 0.857. The van der Waals surface area contributed by atoms with Crippen LogP contribution in [-0.4, -0.2) is 84.3 Å². The van der Waals surface area contributed by atoms with Crippen molar-refractivity contribution < 1.29 is 19.8 Å². The number of rotatable bonds is 9. The topological polar surface area (TPSA) is 93.1 Å². The molecule has 1 aliphatic carbocycles. The van der Waals surface area contributed by atoms with E-state index in [0.717, 1.165) is 32.2 Å². The minimum Gasteiger partial charge on any atom is -0.480 e. The van der Waals surface area contributed by atoms with Crippen LogP contribution in [0, 0.1) is 0 Å². The molecule has 0 amide bonds. The average molecular weight is 301 g/mol. The van der Waals surface area contributed by atoms with Crippen LogP contribution in [0.1, 0.15) is 25.7 Å².